The molecule has 0 fully saturated rings. The van der Waals surface area contributed by atoms with Crippen LogP contribution in [0.25, 0.3) is 6.08 Å². The van der Waals surface area contributed by atoms with Gasteiger partial charge in [0, 0.05) is 5.66 Å². The van der Waals surface area contributed by atoms with Gasteiger partial charge in [0.2, 0.25) is 0 Å². The highest BCUT2D eigenvalue weighted by molar-refractivity contribution is 7.58. The van der Waals surface area contributed by atoms with Gasteiger partial charge < -0.3 is 0 Å². The van der Waals surface area contributed by atoms with E-state index in [1.807, 2.05) is 0 Å². The largest absolute Gasteiger partial charge is 0.0950 e. The van der Waals surface area contributed by atoms with E-state index in [9.17, 15) is 0 Å². The average molecular weight is 260 g/mol. The lowest BCUT2D eigenvalue weighted by atomic mass is 10.1. The molecule has 0 saturated carbocycles. The van der Waals surface area contributed by atoms with Crippen molar-refractivity contribution in [3.05, 3.63) is 41.5 Å². The number of hydrogen-bond acceptors (Lipinski definition) is 0. The predicted molar refractivity (Wildman–Crippen MR) is 84.7 cm³/mol. The van der Waals surface area contributed by atoms with E-state index in [1.165, 1.54) is 43.6 Å². The van der Waals surface area contributed by atoms with Gasteiger partial charge >= 0.3 is 0 Å². The molecule has 0 heterocycles. The lowest BCUT2D eigenvalue weighted by molar-refractivity contribution is 0.862. The molecular formula is C17H25P. The normalized spacial score (nSPS) is 17.4. The van der Waals surface area contributed by atoms with E-state index < -0.39 is 0 Å². The van der Waals surface area contributed by atoms with Crippen molar-refractivity contribution in [3.8, 4) is 0 Å². The van der Waals surface area contributed by atoms with Crippen LogP contribution in [0.1, 0.15) is 56.3 Å². The van der Waals surface area contributed by atoms with Crippen molar-refractivity contribution in [2.45, 2.75) is 45.2 Å². The van der Waals surface area contributed by atoms with Crippen molar-refractivity contribution in [3.63, 3.8) is 0 Å². The van der Waals surface area contributed by atoms with E-state index in [0.717, 1.165) is 5.66 Å². The smallest absolute Gasteiger partial charge is 0.0230 e. The third-order valence-electron chi connectivity index (χ3n) is 3.76. The molecule has 0 N–H and O–H groups in total. The highest BCUT2D eigenvalue weighted by Gasteiger charge is 2.24. The van der Waals surface area contributed by atoms with Crippen molar-refractivity contribution < 1.29 is 0 Å². The maximum absolute atomic E-state index is 2.47. The average Bonchev–Trinajstić information content (AvgIpc) is 2.83. The van der Waals surface area contributed by atoms with E-state index in [1.54, 1.807) is 5.56 Å². The van der Waals surface area contributed by atoms with Crippen LogP contribution in [0.2, 0.25) is 0 Å². The van der Waals surface area contributed by atoms with Crippen molar-refractivity contribution in [1.29, 1.82) is 0 Å². The summed E-state index contributed by atoms with van der Waals surface area (Å²) in [7, 11) is 0.153. The Hall–Kier alpha value is -0.610. The number of benzene rings is 1. The Kier molecular flexibility index (Phi) is 5.45. The summed E-state index contributed by atoms with van der Waals surface area (Å²) in [4.78, 5) is 0. The molecule has 1 unspecified atom stereocenters. The van der Waals surface area contributed by atoms with Crippen LogP contribution in [0, 0.1) is 0 Å². The van der Waals surface area contributed by atoms with Gasteiger partial charge in [-0.15, -0.1) is 0 Å². The van der Waals surface area contributed by atoms with Gasteiger partial charge in [-0.25, -0.2) is 0 Å². The molecule has 1 atom stereocenters. The van der Waals surface area contributed by atoms with Crippen LogP contribution in [0.3, 0.4) is 0 Å². The Morgan fingerprint density at radius 3 is 2.33 bits per heavy atom. The minimum atomic E-state index is 0.153. The zero-order chi connectivity index (χ0) is 12.8. The second-order valence-electron chi connectivity index (χ2n) is 5.18. The number of fused-ring (bicyclic) bond motifs is 1. The number of hydrogen-bond donors (Lipinski definition) is 0. The Labute approximate surface area is 113 Å². The standard InChI is InChI=1S/C17H25P/c1-3-5-13-18(14-6-4-2)17-12-11-15-9-7-8-10-16(15)17/h7-12,17H,3-6,13-14H2,1-2H3. The first-order valence-electron chi connectivity index (χ1n) is 7.38. The minimum Gasteiger partial charge on any atom is -0.0950 e. The maximum atomic E-state index is 2.47. The van der Waals surface area contributed by atoms with Crippen LogP contribution in [-0.4, -0.2) is 12.3 Å². The third kappa shape index (κ3) is 3.23. The van der Waals surface area contributed by atoms with Crippen molar-refractivity contribution in [2.24, 2.45) is 0 Å². The van der Waals surface area contributed by atoms with Crippen LogP contribution < -0.4 is 0 Å². The summed E-state index contributed by atoms with van der Waals surface area (Å²) in [5, 5.41) is 0. The summed E-state index contributed by atoms with van der Waals surface area (Å²) in [5.41, 5.74) is 3.80. The fraction of sp³-hybridized carbons (Fsp3) is 0.529. The molecule has 1 aliphatic carbocycles. The molecule has 1 heteroatoms. The zero-order valence-corrected chi connectivity index (χ0v) is 12.6. The Morgan fingerprint density at radius 2 is 1.67 bits per heavy atom. The Bertz CT molecular complexity index is 386. The molecule has 2 rings (SSSR count). The molecule has 0 radical (unpaired) electrons. The second kappa shape index (κ2) is 7.10. The van der Waals surface area contributed by atoms with Crippen molar-refractivity contribution in [2.75, 3.05) is 12.3 Å². The summed E-state index contributed by atoms with van der Waals surface area (Å²) >= 11 is 0. The van der Waals surface area contributed by atoms with Gasteiger partial charge in [-0.05, 0) is 36.3 Å². The molecule has 98 valence electrons. The topological polar surface area (TPSA) is 0 Å². The number of allylic oxidation sites excluding steroid dienone is 1. The van der Waals surface area contributed by atoms with Crippen LogP contribution in [-0.2, 0) is 0 Å². The van der Waals surface area contributed by atoms with Crippen molar-refractivity contribution >= 4 is 14.0 Å². The second-order valence-corrected chi connectivity index (χ2v) is 7.80. The molecule has 0 aliphatic heterocycles. The third-order valence-corrected chi connectivity index (χ3v) is 6.78. The van der Waals surface area contributed by atoms with Gasteiger partial charge in [0.1, 0.15) is 0 Å². The molecule has 0 spiro atoms. The molecule has 1 aromatic rings. The molecule has 0 amide bonds. The summed E-state index contributed by atoms with van der Waals surface area (Å²) in [6.45, 7) is 4.62. The van der Waals surface area contributed by atoms with Gasteiger partial charge in [0.05, 0.1) is 0 Å². The van der Waals surface area contributed by atoms with E-state index in [-0.39, 0.29) is 7.92 Å². The first kappa shape index (κ1) is 13.8. The highest BCUT2D eigenvalue weighted by Crippen LogP contribution is 2.56. The summed E-state index contributed by atoms with van der Waals surface area (Å²) in [6.07, 6.45) is 13.2. The Morgan fingerprint density at radius 1 is 1.00 bits per heavy atom. The summed E-state index contributed by atoms with van der Waals surface area (Å²) < 4.78 is 0. The van der Waals surface area contributed by atoms with Crippen LogP contribution in [0.15, 0.2) is 30.3 Å². The maximum Gasteiger partial charge on any atom is 0.0230 e. The van der Waals surface area contributed by atoms with E-state index in [2.05, 4.69) is 50.3 Å². The SMILES string of the molecule is CCCCP(CCCC)C1C=Cc2ccccc21. The van der Waals surface area contributed by atoms with Gasteiger partial charge in [0.15, 0.2) is 0 Å². The Balaban J connectivity index is 2.09. The fourth-order valence-electron chi connectivity index (χ4n) is 2.66. The van der Waals surface area contributed by atoms with Crippen molar-refractivity contribution in [1.82, 2.24) is 0 Å². The molecule has 18 heavy (non-hydrogen) atoms. The predicted octanol–water partition coefficient (Wildman–Crippen LogP) is 5.84. The lowest BCUT2D eigenvalue weighted by Gasteiger charge is -2.24. The first-order valence-corrected chi connectivity index (χ1v) is 9.16. The monoisotopic (exact) mass is 260 g/mol. The molecule has 1 aromatic carbocycles. The number of rotatable bonds is 7. The van der Waals surface area contributed by atoms with E-state index in [4.69, 9.17) is 0 Å². The van der Waals surface area contributed by atoms with Crippen LogP contribution in [0.4, 0.5) is 0 Å². The molecule has 0 nitrogen and oxygen atoms in total. The first-order chi connectivity index (χ1) is 8.86. The molecule has 0 bridgehead atoms. The lowest BCUT2D eigenvalue weighted by Crippen LogP contribution is -1.99. The summed E-state index contributed by atoms with van der Waals surface area (Å²) in [6, 6.07) is 8.96. The van der Waals surface area contributed by atoms with E-state index in [0.29, 0.717) is 0 Å². The van der Waals surface area contributed by atoms with Gasteiger partial charge in [-0.2, -0.15) is 0 Å². The van der Waals surface area contributed by atoms with Gasteiger partial charge in [-0.1, -0.05) is 71.0 Å². The molecule has 1 aliphatic rings. The van der Waals surface area contributed by atoms with Gasteiger partial charge in [0.25, 0.3) is 0 Å². The quantitative estimate of drug-likeness (QED) is 0.540. The molecular weight excluding hydrogens is 235 g/mol. The highest BCUT2D eigenvalue weighted by atomic mass is 31.1. The molecule has 0 aromatic heterocycles. The number of unbranched alkanes of at least 4 members (excludes halogenated alkanes) is 2. The van der Waals surface area contributed by atoms with Crippen LogP contribution in [0.5, 0.6) is 0 Å². The fourth-order valence-corrected chi connectivity index (χ4v) is 5.84. The van der Waals surface area contributed by atoms with Crippen LogP contribution >= 0.6 is 7.92 Å². The summed E-state index contributed by atoms with van der Waals surface area (Å²) in [5.74, 6) is 0. The molecule has 0 saturated heterocycles. The van der Waals surface area contributed by atoms with Gasteiger partial charge in [-0.3, -0.25) is 0 Å². The zero-order valence-electron chi connectivity index (χ0n) is 11.7. The van der Waals surface area contributed by atoms with E-state index >= 15 is 0 Å². The minimum absolute atomic E-state index is 0.153.